The van der Waals surface area contributed by atoms with Crippen LogP contribution in [0.5, 0.6) is 5.75 Å². The van der Waals surface area contributed by atoms with Crippen LogP contribution in [0.1, 0.15) is 12.2 Å². The van der Waals surface area contributed by atoms with Crippen LogP contribution in [0.2, 0.25) is 0 Å². The lowest BCUT2D eigenvalue weighted by molar-refractivity contribution is -0.137. The molecule has 0 radical (unpaired) electrons. The van der Waals surface area contributed by atoms with Gasteiger partial charge in [-0.05, 0) is 19.1 Å². The average Bonchev–Trinajstić information content (AvgIpc) is 2.75. The Bertz CT molecular complexity index is 551. The quantitative estimate of drug-likeness (QED) is 0.864. The molecule has 0 saturated carbocycles. The van der Waals surface area contributed by atoms with E-state index in [0.717, 1.165) is 11.5 Å². The van der Waals surface area contributed by atoms with Crippen LogP contribution in [0.4, 0.5) is 0 Å². The van der Waals surface area contributed by atoms with Crippen molar-refractivity contribution in [2.45, 2.75) is 13.3 Å². The first-order chi connectivity index (χ1) is 8.66. The molecule has 1 N–H and O–H groups in total. The number of aliphatic carboxylic acids is 1. The Morgan fingerprint density at radius 1 is 1.50 bits per heavy atom. The van der Waals surface area contributed by atoms with Gasteiger partial charge >= 0.3 is 5.97 Å². The summed E-state index contributed by atoms with van der Waals surface area (Å²) in [6.07, 6.45) is 1.60. The molecule has 0 unspecified atom stereocenters. The molecule has 0 atom stereocenters. The first-order valence-electron chi connectivity index (χ1n) is 5.48. The molecule has 0 spiro atoms. The number of carboxylic acids is 1. The lowest BCUT2D eigenvalue weighted by Gasteiger charge is -2.08. The lowest BCUT2D eigenvalue weighted by atomic mass is 10.3. The predicted molar refractivity (Wildman–Crippen MR) is 63.8 cm³/mol. The number of aryl methyl sites for hydroxylation is 1. The van der Waals surface area contributed by atoms with Crippen LogP contribution in [0.15, 0.2) is 30.6 Å². The fourth-order valence-electron chi connectivity index (χ4n) is 1.53. The fourth-order valence-corrected chi connectivity index (χ4v) is 1.53. The smallest absolute Gasteiger partial charge is 0.306 e. The molecule has 18 heavy (non-hydrogen) atoms. The average molecular weight is 247 g/mol. The van der Waals surface area contributed by atoms with Crippen LogP contribution in [0.25, 0.3) is 5.69 Å². The minimum atomic E-state index is -0.874. The van der Waals surface area contributed by atoms with Gasteiger partial charge in [-0.15, -0.1) is 10.2 Å². The summed E-state index contributed by atoms with van der Waals surface area (Å²) in [5.74, 6) is 0.528. The van der Waals surface area contributed by atoms with Crippen molar-refractivity contribution in [3.8, 4) is 11.4 Å². The van der Waals surface area contributed by atoms with Crippen molar-refractivity contribution in [3.63, 3.8) is 0 Å². The van der Waals surface area contributed by atoms with E-state index in [-0.39, 0.29) is 13.0 Å². The highest BCUT2D eigenvalue weighted by Crippen LogP contribution is 2.17. The van der Waals surface area contributed by atoms with Crippen LogP contribution in [0.3, 0.4) is 0 Å². The molecule has 1 aromatic carbocycles. The van der Waals surface area contributed by atoms with Gasteiger partial charge in [-0.25, -0.2) is 0 Å². The van der Waals surface area contributed by atoms with Crippen LogP contribution in [-0.2, 0) is 4.79 Å². The zero-order valence-corrected chi connectivity index (χ0v) is 9.91. The van der Waals surface area contributed by atoms with Crippen molar-refractivity contribution in [2.24, 2.45) is 0 Å². The van der Waals surface area contributed by atoms with Crippen molar-refractivity contribution in [2.75, 3.05) is 6.61 Å². The van der Waals surface area contributed by atoms with E-state index in [2.05, 4.69) is 10.2 Å². The number of carboxylic acid groups (broad SMARTS) is 1. The molecule has 6 nitrogen and oxygen atoms in total. The summed E-state index contributed by atoms with van der Waals surface area (Å²) in [7, 11) is 0. The topological polar surface area (TPSA) is 77.2 Å². The Balaban J connectivity index is 2.11. The van der Waals surface area contributed by atoms with Crippen LogP contribution in [0, 0.1) is 6.92 Å². The Labute approximate surface area is 104 Å². The molecule has 94 valence electrons. The second kappa shape index (κ2) is 5.31. The summed E-state index contributed by atoms with van der Waals surface area (Å²) in [5, 5.41) is 16.2. The highest BCUT2D eigenvalue weighted by Gasteiger charge is 2.03. The predicted octanol–water partition coefficient (Wildman–Crippen LogP) is 1.43. The first-order valence-corrected chi connectivity index (χ1v) is 5.48. The van der Waals surface area contributed by atoms with E-state index in [0.29, 0.717) is 5.75 Å². The van der Waals surface area contributed by atoms with Gasteiger partial charge in [0, 0.05) is 6.07 Å². The highest BCUT2D eigenvalue weighted by atomic mass is 16.5. The molecule has 0 bridgehead atoms. The summed E-state index contributed by atoms with van der Waals surface area (Å²) in [6, 6.07) is 7.34. The molecule has 0 aliphatic rings. The first kappa shape index (κ1) is 12.1. The van der Waals surface area contributed by atoms with Gasteiger partial charge in [0.25, 0.3) is 0 Å². The van der Waals surface area contributed by atoms with E-state index < -0.39 is 5.97 Å². The number of benzene rings is 1. The van der Waals surface area contributed by atoms with Crippen molar-refractivity contribution in [1.29, 1.82) is 0 Å². The second-order valence-corrected chi connectivity index (χ2v) is 3.74. The van der Waals surface area contributed by atoms with Gasteiger partial charge in [0.15, 0.2) is 0 Å². The number of rotatable bonds is 5. The molecule has 1 aromatic heterocycles. The van der Waals surface area contributed by atoms with Crippen molar-refractivity contribution >= 4 is 5.97 Å². The number of hydrogen-bond donors (Lipinski definition) is 1. The van der Waals surface area contributed by atoms with Crippen LogP contribution >= 0.6 is 0 Å². The van der Waals surface area contributed by atoms with E-state index in [1.54, 1.807) is 12.4 Å². The molecular weight excluding hydrogens is 234 g/mol. The van der Waals surface area contributed by atoms with Crippen molar-refractivity contribution in [1.82, 2.24) is 14.8 Å². The minimum absolute atomic E-state index is 0.0180. The van der Waals surface area contributed by atoms with E-state index in [1.807, 2.05) is 29.7 Å². The summed E-state index contributed by atoms with van der Waals surface area (Å²) in [6.45, 7) is 2.00. The van der Waals surface area contributed by atoms with Gasteiger partial charge in [0.05, 0.1) is 18.7 Å². The maximum atomic E-state index is 10.4. The number of ether oxygens (including phenoxy) is 1. The maximum Gasteiger partial charge on any atom is 0.306 e. The Hall–Kier alpha value is -2.37. The Morgan fingerprint density at radius 3 is 3.00 bits per heavy atom. The van der Waals surface area contributed by atoms with Gasteiger partial charge in [-0.3, -0.25) is 9.36 Å². The van der Waals surface area contributed by atoms with Gasteiger partial charge < -0.3 is 9.84 Å². The standard InChI is InChI=1S/C12H13N3O3/c1-9-14-13-8-15(9)10-3-2-4-11(7-10)18-6-5-12(16)17/h2-4,7-8H,5-6H2,1H3,(H,16,17). The summed E-state index contributed by atoms with van der Waals surface area (Å²) < 4.78 is 7.18. The molecule has 0 fully saturated rings. The monoisotopic (exact) mass is 247 g/mol. The zero-order valence-electron chi connectivity index (χ0n) is 9.91. The fraction of sp³-hybridized carbons (Fsp3) is 0.250. The molecule has 1 heterocycles. The molecule has 2 rings (SSSR count). The molecule has 0 saturated heterocycles. The van der Waals surface area contributed by atoms with E-state index in [9.17, 15) is 4.79 Å². The minimum Gasteiger partial charge on any atom is -0.493 e. The largest absolute Gasteiger partial charge is 0.493 e. The third-order valence-corrected chi connectivity index (χ3v) is 2.40. The number of aromatic nitrogens is 3. The maximum absolute atomic E-state index is 10.4. The van der Waals surface area contributed by atoms with Crippen molar-refractivity contribution in [3.05, 3.63) is 36.4 Å². The molecule has 0 aliphatic carbocycles. The molecule has 2 aromatic rings. The van der Waals surface area contributed by atoms with Crippen LogP contribution in [-0.4, -0.2) is 32.4 Å². The second-order valence-electron chi connectivity index (χ2n) is 3.74. The number of hydrogen-bond acceptors (Lipinski definition) is 4. The summed E-state index contributed by atoms with van der Waals surface area (Å²) in [4.78, 5) is 10.4. The highest BCUT2D eigenvalue weighted by molar-refractivity contribution is 5.66. The third kappa shape index (κ3) is 2.85. The molecule has 0 amide bonds. The van der Waals surface area contributed by atoms with Crippen LogP contribution < -0.4 is 4.74 Å². The van der Waals surface area contributed by atoms with Gasteiger partial charge in [0.2, 0.25) is 0 Å². The zero-order chi connectivity index (χ0) is 13.0. The van der Waals surface area contributed by atoms with E-state index in [4.69, 9.17) is 9.84 Å². The van der Waals surface area contributed by atoms with Crippen molar-refractivity contribution < 1.29 is 14.6 Å². The number of nitrogens with zero attached hydrogens (tertiary/aromatic N) is 3. The SMILES string of the molecule is Cc1nncn1-c1cccc(OCCC(=O)O)c1. The molecule has 0 aliphatic heterocycles. The molecule has 6 heteroatoms. The van der Waals surface area contributed by atoms with Gasteiger partial charge in [-0.1, -0.05) is 6.07 Å². The number of carbonyl (C=O) groups is 1. The molecular formula is C12H13N3O3. The van der Waals surface area contributed by atoms with Gasteiger partial charge in [0.1, 0.15) is 17.9 Å². The normalized spacial score (nSPS) is 10.3. The van der Waals surface area contributed by atoms with E-state index in [1.165, 1.54) is 0 Å². The lowest BCUT2D eigenvalue weighted by Crippen LogP contribution is -2.05. The summed E-state index contributed by atoms with van der Waals surface area (Å²) in [5.41, 5.74) is 0.880. The van der Waals surface area contributed by atoms with E-state index >= 15 is 0 Å². The Kier molecular flexibility index (Phi) is 3.57. The Morgan fingerprint density at radius 2 is 2.33 bits per heavy atom. The third-order valence-electron chi connectivity index (χ3n) is 2.40. The van der Waals surface area contributed by atoms with Gasteiger partial charge in [-0.2, -0.15) is 0 Å². The summed E-state index contributed by atoms with van der Waals surface area (Å²) >= 11 is 0.